The van der Waals surface area contributed by atoms with Gasteiger partial charge in [-0.1, -0.05) is 6.07 Å². The Hall–Kier alpha value is -1.79. The highest BCUT2D eigenvalue weighted by atomic mass is 19.4. The number of alkyl halides is 3. The van der Waals surface area contributed by atoms with E-state index in [2.05, 4.69) is 9.47 Å². The number of benzene rings is 1. The molecule has 3 nitrogen and oxygen atoms in total. The summed E-state index contributed by atoms with van der Waals surface area (Å²) in [6, 6.07) is 2.85. The van der Waals surface area contributed by atoms with Crippen molar-refractivity contribution >= 4 is 5.97 Å². The second-order valence-corrected chi connectivity index (χ2v) is 2.89. The summed E-state index contributed by atoms with van der Waals surface area (Å²) in [5.74, 6) is -3.51. The molecule has 0 atom stereocenters. The van der Waals surface area contributed by atoms with E-state index in [-0.39, 0.29) is 6.61 Å². The molecule has 17 heavy (non-hydrogen) atoms. The molecule has 0 aliphatic carbocycles. The lowest BCUT2D eigenvalue weighted by Crippen LogP contribution is -2.19. The standard InChI is InChI=1S/C10H8F4O3/c1-2-16-9(15)6-4-3-5-7(8(6)11)17-10(12,13)14/h3-5H,2H2,1H3. The first-order valence-electron chi connectivity index (χ1n) is 4.56. The molecule has 0 heterocycles. The zero-order chi connectivity index (χ0) is 13.1. The Labute approximate surface area is 93.9 Å². The molecule has 7 heteroatoms. The van der Waals surface area contributed by atoms with E-state index in [0.717, 1.165) is 18.2 Å². The van der Waals surface area contributed by atoms with Crippen molar-refractivity contribution in [3.63, 3.8) is 0 Å². The third-order valence-electron chi connectivity index (χ3n) is 1.68. The first kappa shape index (κ1) is 13.3. The van der Waals surface area contributed by atoms with E-state index in [4.69, 9.17) is 0 Å². The van der Waals surface area contributed by atoms with Crippen LogP contribution in [0.25, 0.3) is 0 Å². The first-order chi connectivity index (χ1) is 7.85. The average molecular weight is 252 g/mol. The van der Waals surface area contributed by atoms with Crippen molar-refractivity contribution in [2.24, 2.45) is 0 Å². The zero-order valence-corrected chi connectivity index (χ0v) is 8.68. The number of carbonyl (C=O) groups excluding carboxylic acids is 1. The van der Waals surface area contributed by atoms with Crippen molar-refractivity contribution in [1.82, 2.24) is 0 Å². The van der Waals surface area contributed by atoms with Crippen molar-refractivity contribution in [1.29, 1.82) is 0 Å². The molecule has 0 saturated heterocycles. The van der Waals surface area contributed by atoms with Gasteiger partial charge in [0.15, 0.2) is 11.6 Å². The van der Waals surface area contributed by atoms with Gasteiger partial charge in [-0.3, -0.25) is 0 Å². The molecule has 0 aromatic heterocycles. The maximum Gasteiger partial charge on any atom is 0.573 e. The van der Waals surface area contributed by atoms with Crippen molar-refractivity contribution in [3.05, 3.63) is 29.6 Å². The number of ether oxygens (including phenoxy) is 2. The van der Waals surface area contributed by atoms with Crippen LogP contribution in [0, 0.1) is 5.82 Å². The molecule has 1 aromatic carbocycles. The highest BCUT2D eigenvalue weighted by Gasteiger charge is 2.33. The van der Waals surface area contributed by atoms with E-state index in [9.17, 15) is 22.4 Å². The normalized spacial score (nSPS) is 11.1. The Morgan fingerprint density at radius 2 is 2.00 bits per heavy atom. The lowest BCUT2D eigenvalue weighted by Gasteiger charge is -2.11. The summed E-state index contributed by atoms with van der Waals surface area (Å²) in [5.41, 5.74) is -0.603. The predicted molar refractivity (Wildman–Crippen MR) is 49.0 cm³/mol. The van der Waals surface area contributed by atoms with E-state index in [1.807, 2.05) is 0 Å². The maximum absolute atomic E-state index is 13.5. The van der Waals surface area contributed by atoms with Crippen LogP contribution in [0.2, 0.25) is 0 Å². The van der Waals surface area contributed by atoms with Gasteiger partial charge in [-0.05, 0) is 19.1 Å². The summed E-state index contributed by atoms with van der Waals surface area (Å²) in [7, 11) is 0. The maximum atomic E-state index is 13.5. The molecule has 0 unspecified atom stereocenters. The first-order valence-corrected chi connectivity index (χ1v) is 4.56. The Bertz CT molecular complexity index is 415. The van der Waals surface area contributed by atoms with Gasteiger partial charge in [0, 0.05) is 0 Å². The molecule has 0 radical (unpaired) electrons. The number of hydrogen-bond acceptors (Lipinski definition) is 3. The average Bonchev–Trinajstić information content (AvgIpc) is 2.19. The molecule has 0 aliphatic rings. The van der Waals surface area contributed by atoms with Crippen LogP contribution in [0.5, 0.6) is 5.75 Å². The van der Waals surface area contributed by atoms with Crippen LogP contribution < -0.4 is 4.74 Å². The van der Waals surface area contributed by atoms with E-state index in [0.29, 0.717) is 0 Å². The minimum atomic E-state index is -5.02. The fourth-order valence-electron chi connectivity index (χ4n) is 1.08. The summed E-state index contributed by atoms with van der Waals surface area (Å²) in [4.78, 5) is 11.2. The van der Waals surface area contributed by atoms with Crippen LogP contribution >= 0.6 is 0 Å². The van der Waals surface area contributed by atoms with Crippen LogP contribution in [0.3, 0.4) is 0 Å². The van der Waals surface area contributed by atoms with E-state index < -0.39 is 29.5 Å². The van der Waals surface area contributed by atoms with Crippen molar-refractivity contribution in [2.75, 3.05) is 6.61 Å². The second-order valence-electron chi connectivity index (χ2n) is 2.89. The quantitative estimate of drug-likeness (QED) is 0.613. The lowest BCUT2D eigenvalue weighted by atomic mass is 10.2. The summed E-state index contributed by atoms with van der Waals surface area (Å²) in [6.45, 7) is 1.48. The zero-order valence-electron chi connectivity index (χ0n) is 8.68. The van der Waals surface area contributed by atoms with Gasteiger partial charge in [0.1, 0.15) is 0 Å². The monoisotopic (exact) mass is 252 g/mol. The molecule has 0 amide bonds. The van der Waals surface area contributed by atoms with Gasteiger partial charge in [-0.15, -0.1) is 13.2 Å². The van der Waals surface area contributed by atoms with Gasteiger partial charge in [-0.25, -0.2) is 9.18 Å². The van der Waals surface area contributed by atoms with Gasteiger partial charge in [0.2, 0.25) is 0 Å². The van der Waals surface area contributed by atoms with Crippen LogP contribution in [0.1, 0.15) is 17.3 Å². The van der Waals surface area contributed by atoms with Gasteiger partial charge < -0.3 is 9.47 Å². The van der Waals surface area contributed by atoms with Crippen LogP contribution in [0.15, 0.2) is 18.2 Å². The number of rotatable bonds is 3. The molecule has 0 bridgehead atoms. The highest BCUT2D eigenvalue weighted by Crippen LogP contribution is 2.27. The second kappa shape index (κ2) is 5.03. The molecular weight excluding hydrogens is 244 g/mol. The minimum absolute atomic E-state index is 0.0113. The Kier molecular flexibility index (Phi) is 3.93. The highest BCUT2D eigenvalue weighted by molar-refractivity contribution is 5.90. The van der Waals surface area contributed by atoms with Crippen LogP contribution in [-0.4, -0.2) is 18.9 Å². The van der Waals surface area contributed by atoms with E-state index in [1.165, 1.54) is 6.92 Å². The van der Waals surface area contributed by atoms with Crippen LogP contribution in [0.4, 0.5) is 17.6 Å². The number of esters is 1. The molecular formula is C10H8F4O3. The minimum Gasteiger partial charge on any atom is -0.462 e. The number of hydrogen-bond donors (Lipinski definition) is 0. The molecule has 0 aliphatic heterocycles. The van der Waals surface area contributed by atoms with Gasteiger partial charge in [0.25, 0.3) is 0 Å². The van der Waals surface area contributed by atoms with Gasteiger partial charge in [-0.2, -0.15) is 0 Å². The molecule has 94 valence electrons. The topological polar surface area (TPSA) is 35.5 Å². The van der Waals surface area contributed by atoms with E-state index in [1.54, 1.807) is 0 Å². The molecule has 0 saturated carbocycles. The fraction of sp³-hybridized carbons (Fsp3) is 0.300. The Balaban J connectivity index is 3.03. The smallest absolute Gasteiger partial charge is 0.462 e. The number of halogens is 4. The third kappa shape index (κ3) is 3.61. The molecule has 0 N–H and O–H groups in total. The largest absolute Gasteiger partial charge is 0.573 e. The third-order valence-corrected chi connectivity index (χ3v) is 1.68. The SMILES string of the molecule is CCOC(=O)c1cccc(OC(F)(F)F)c1F. The molecule has 0 fully saturated rings. The molecule has 1 aromatic rings. The Morgan fingerprint density at radius 1 is 1.35 bits per heavy atom. The van der Waals surface area contributed by atoms with Crippen LogP contribution in [-0.2, 0) is 4.74 Å². The fourth-order valence-corrected chi connectivity index (χ4v) is 1.08. The van der Waals surface area contributed by atoms with E-state index >= 15 is 0 Å². The summed E-state index contributed by atoms with van der Waals surface area (Å²) < 4.78 is 57.0. The van der Waals surface area contributed by atoms with Gasteiger partial charge in [0.05, 0.1) is 12.2 Å². The van der Waals surface area contributed by atoms with Crippen molar-refractivity contribution < 1.29 is 31.8 Å². The summed E-state index contributed by atoms with van der Waals surface area (Å²) >= 11 is 0. The lowest BCUT2D eigenvalue weighted by molar-refractivity contribution is -0.275. The predicted octanol–water partition coefficient (Wildman–Crippen LogP) is 2.90. The Morgan fingerprint density at radius 3 is 2.53 bits per heavy atom. The summed E-state index contributed by atoms with van der Waals surface area (Å²) in [5, 5.41) is 0. The van der Waals surface area contributed by atoms with Crippen molar-refractivity contribution in [3.8, 4) is 5.75 Å². The number of carbonyl (C=O) groups is 1. The molecule has 1 rings (SSSR count). The summed E-state index contributed by atoms with van der Waals surface area (Å²) in [6.07, 6.45) is -5.02. The van der Waals surface area contributed by atoms with Gasteiger partial charge >= 0.3 is 12.3 Å². The molecule has 0 spiro atoms. The van der Waals surface area contributed by atoms with Crippen molar-refractivity contribution in [2.45, 2.75) is 13.3 Å².